The second-order valence-corrected chi connectivity index (χ2v) is 7.93. The van der Waals surface area contributed by atoms with E-state index in [1.165, 1.54) is 22.9 Å². The van der Waals surface area contributed by atoms with E-state index in [-0.39, 0.29) is 18.3 Å². The second-order valence-electron chi connectivity index (χ2n) is 7.93. The molecule has 1 aromatic heterocycles. The zero-order valence-electron chi connectivity index (χ0n) is 18.0. The van der Waals surface area contributed by atoms with Crippen molar-refractivity contribution in [3.05, 3.63) is 84.7 Å². The molecule has 1 aliphatic rings. The van der Waals surface area contributed by atoms with E-state index >= 15 is 0 Å². The van der Waals surface area contributed by atoms with Crippen molar-refractivity contribution in [3.63, 3.8) is 0 Å². The van der Waals surface area contributed by atoms with Gasteiger partial charge in [-0.1, -0.05) is 48.5 Å². The molecule has 1 fully saturated rings. The summed E-state index contributed by atoms with van der Waals surface area (Å²) in [6.07, 6.45) is 0. The summed E-state index contributed by atoms with van der Waals surface area (Å²) < 4.78 is 19.0. The van der Waals surface area contributed by atoms with Gasteiger partial charge in [-0.05, 0) is 41.1 Å². The summed E-state index contributed by atoms with van der Waals surface area (Å²) in [5.74, 6) is 0.247. The molecule has 0 spiro atoms. The molecular weight excluding hydrogens is 419 g/mol. The summed E-state index contributed by atoms with van der Waals surface area (Å²) in [6.45, 7) is 2.22. The minimum Gasteiger partial charge on any atom is -0.481 e. The molecule has 0 saturated carbocycles. The summed E-state index contributed by atoms with van der Waals surface area (Å²) in [5.41, 5.74) is 1.85. The molecule has 0 unspecified atom stereocenters. The number of piperazine rings is 1. The number of amides is 1. The molecule has 6 nitrogen and oxygen atoms in total. The first kappa shape index (κ1) is 20.9. The highest BCUT2D eigenvalue weighted by molar-refractivity contribution is 5.86. The number of aromatic nitrogens is 2. The van der Waals surface area contributed by atoms with Crippen molar-refractivity contribution in [2.24, 2.45) is 0 Å². The highest BCUT2D eigenvalue weighted by atomic mass is 19.1. The smallest absolute Gasteiger partial charge is 0.260 e. The molecule has 0 N–H and O–H groups in total. The fraction of sp³-hybridized carbons (Fsp3) is 0.192. The van der Waals surface area contributed by atoms with Crippen LogP contribution < -0.4 is 9.64 Å². The Labute approximate surface area is 191 Å². The maximum Gasteiger partial charge on any atom is 0.260 e. The number of halogens is 1. The van der Waals surface area contributed by atoms with Gasteiger partial charge in [0.2, 0.25) is 0 Å². The molecule has 0 aliphatic carbocycles. The summed E-state index contributed by atoms with van der Waals surface area (Å²) >= 11 is 0. The molecule has 4 aromatic rings. The van der Waals surface area contributed by atoms with Crippen LogP contribution in [0.1, 0.15) is 0 Å². The zero-order chi connectivity index (χ0) is 22.6. The van der Waals surface area contributed by atoms with Crippen molar-refractivity contribution in [3.8, 4) is 17.0 Å². The number of ether oxygens (including phenoxy) is 1. The van der Waals surface area contributed by atoms with Crippen LogP contribution in [0, 0.1) is 5.82 Å². The summed E-state index contributed by atoms with van der Waals surface area (Å²) in [4.78, 5) is 16.3. The molecule has 0 bridgehead atoms. The fourth-order valence-corrected chi connectivity index (χ4v) is 3.97. The van der Waals surface area contributed by atoms with E-state index in [1.54, 1.807) is 17.0 Å². The van der Waals surface area contributed by atoms with Gasteiger partial charge >= 0.3 is 0 Å². The number of rotatable bonds is 5. The Morgan fingerprint density at radius 3 is 2.36 bits per heavy atom. The van der Waals surface area contributed by atoms with Gasteiger partial charge in [-0.15, -0.1) is 10.2 Å². The van der Waals surface area contributed by atoms with E-state index in [0.717, 1.165) is 17.1 Å². The Kier molecular flexibility index (Phi) is 5.85. The predicted octanol–water partition coefficient (Wildman–Crippen LogP) is 4.16. The minimum absolute atomic E-state index is 0.0891. The Bertz CT molecular complexity index is 1270. The summed E-state index contributed by atoms with van der Waals surface area (Å²) in [7, 11) is 0. The molecule has 166 valence electrons. The van der Waals surface area contributed by atoms with Crippen LogP contribution in [0.3, 0.4) is 0 Å². The van der Waals surface area contributed by atoms with Gasteiger partial charge in [0.15, 0.2) is 24.0 Å². The van der Waals surface area contributed by atoms with Gasteiger partial charge in [0.1, 0.15) is 0 Å². The number of carbonyl (C=O) groups excluding carboxylic acids is 1. The van der Waals surface area contributed by atoms with E-state index < -0.39 is 5.82 Å². The molecule has 0 atom stereocenters. The Morgan fingerprint density at radius 1 is 0.848 bits per heavy atom. The van der Waals surface area contributed by atoms with Crippen LogP contribution in [-0.4, -0.2) is 53.8 Å². The fourth-order valence-electron chi connectivity index (χ4n) is 3.97. The monoisotopic (exact) mass is 442 g/mol. The molecular formula is C26H23FN4O2. The maximum absolute atomic E-state index is 13.7. The van der Waals surface area contributed by atoms with Crippen molar-refractivity contribution in [2.75, 3.05) is 37.7 Å². The predicted molar refractivity (Wildman–Crippen MR) is 126 cm³/mol. The first-order chi connectivity index (χ1) is 16.2. The third kappa shape index (κ3) is 4.62. The van der Waals surface area contributed by atoms with Gasteiger partial charge in [-0.25, -0.2) is 4.39 Å². The van der Waals surface area contributed by atoms with Crippen molar-refractivity contribution < 1.29 is 13.9 Å². The normalized spacial score (nSPS) is 13.8. The highest BCUT2D eigenvalue weighted by Gasteiger charge is 2.22. The Balaban J connectivity index is 1.18. The van der Waals surface area contributed by atoms with Crippen LogP contribution in [-0.2, 0) is 4.79 Å². The topological polar surface area (TPSA) is 58.6 Å². The molecule has 7 heteroatoms. The van der Waals surface area contributed by atoms with Crippen LogP contribution in [0.4, 0.5) is 10.2 Å². The number of carbonyl (C=O) groups is 1. The van der Waals surface area contributed by atoms with Gasteiger partial charge in [0, 0.05) is 31.7 Å². The first-order valence-corrected chi connectivity index (χ1v) is 10.9. The van der Waals surface area contributed by atoms with E-state index in [1.807, 2.05) is 24.3 Å². The number of hydrogen-bond acceptors (Lipinski definition) is 5. The SMILES string of the molecule is O=C(COc1ccccc1F)N1CCN(c2ccc(-c3ccc4ccccc4c3)nn2)CC1. The third-order valence-electron chi connectivity index (χ3n) is 5.84. The van der Waals surface area contributed by atoms with Crippen LogP contribution >= 0.6 is 0 Å². The highest BCUT2D eigenvalue weighted by Crippen LogP contribution is 2.24. The van der Waals surface area contributed by atoms with E-state index in [0.29, 0.717) is 26.2 Å². The standard InChI is InChI=1S/C26H23FN4O2/c27-22-7-3-4-8-24(22)33-18-26(32)31-15-13-30(14-16-31)25-12-11-23(28-29-25)21-10-9-19-5-1-2-6-20(19)17-21/h1-12,17H,13-16,18H2. The number of anilines is 1. The lowest BCUT2D eigenvalue weighted by molar-refractivity contribution is -0.133. The average molecular weight is 442 g/mol. The lowest BCUT2D eigenvalue weighted by Gasteiger charge is -2.35. The lowest BCUT2D eigenvalue weighted by atomic mass is 10.1. The zero-order valence-corrected chi connectivity index (χ0v) is 18.0. The number of fused-ring (bicyclic) bond motifs is 1. The molecule has 1 amide bonds. The molecule has 1 aliphatic heterocycles. The number of hydrogen-bond donors (Lipinski definition) is 0. The largest absolute Gasteiger partial charge is 0.481 e. The lowest BCUT2D eigenvalue weighted by Crippen LogP contribution is -2.50. The minimum atomic E-state index is -0.471. The van der Waals surface area contributed by atoms with Crippen LogP contribution in [0.2, 0.25) is 0 Å². The number of para-hydroxylation sites is 1. The quantitative estimate of drug-likeness (QED) is 0.465. The van der Waals surface area contributed by atoms with Gasteiger partial charge < -0.3 is 14.5 Å². The Morgan fingerprint density at radius 2 is 1.61 bits per heavy atom. The van der Waals surface area contributed by atoms with Gasteiger partial charge in [-0.2, -0.15) is 0 Å². The molecule has 2 heterocycles. The summed E-state index contributed by atoms with van der Waals surface area (Å²) in [6, 6.07) is 24.5. The Hall–Kier alpha value is -4.00. The molecule has 3 aromatic carbocycles. The molecule has 0 radical (unpaired) electrons. The number of nitrogens with zero attached hydrogens (tertiary/aromatic N) is 4. The average Bonchev–Trinajstić information content (AvgIpc) is 2.88. The van der Waals surface area contributed by atoms with Crippen LogP contribution in [0.5, 0.6) is 5.75 Å². The summed E-state index contributed by atoms with van der Waals surface area (Å²) in [5, 5.41) is 11.2. The van der Waals surface area contributed by atoms with Gasteiger partial charge in [0.05, 0.1) is 5.69 Å². The first-order valence-electron chi connectivity index (χ1n) is 10.9. The van der Waals surface area contributed by atoms with Crippen LogP contribution in [0.25, 0.3) is 22.0 Å². The number of benzene rings is 3. The van der Waals surface area contributed by atoms with Crippen LogP contribution in [0.15, 0.2) is 78.9 Å². The van der Waals surface area contributed by atoms with Crippen molar-refractivity contribution in [2.45, 2.75) is 0 Å². The van der Waals surface area contributed by atoms with Crippen molar-refractivity contribution in [1.29, 1.82) is 0 Å². The van der Waals surface area contributed by atoms with E-state index in [9.17, 15) is 9.18 Å². The van der Waals surface area contributed by atoms with Gasteiger partial charge in [0.25, 0.3) is 5.91 Å². The second kappa shape index (κ2) is 9.24. The third-order valence-corrected chi connectivity index (χ3v) is 5.84. The van der Waals surface area contributed by atoms with E-state index in [2.05, 4.69) is 45.4 Å². The maximum atomic E-state index is 13.7. The van der Waals surface area contributed by atoms with Crippen molar-refractivity contribution in [1.82, 2.24) is 15.1 Å². The van der Waals surface area contributed by atoms with Gasteiger partial charge in [-0.3, -0.25) is 4.79 Å². The van der Waals surface area contributed by atoms with E-state index in [4.69, 9.17) is 4.74 Å². The molecule has 33 heavy (non-hydrogen) atoms. The van der Waals surface area contributed by atoms with Crippen molar-refractivity contribution >= 4 is 22.5 Å². The molecule has 1 saturated heterocycles. The molecule has 5 rings (SSSR count).